The zero-order chi connectivity index (χ0) is 14.4. The Bertz CT molecular complexity index is 597. The summed E-state index contributed by atoms with van der Waals surface area (Å²) in [7, 11) is 1.53. The molecular weight excluding hydrogens is 261 g/mol. The van der Waals surface area contributed by atoms with Crippen LogP contribution < -0.4 is 9.47 Å². The Morgan fingerprint density at radius 2 is 1.95 bits per heavy atom. The van der Waals surface area contributed by atoms with Crippen LogP contribution in [0.1, 0.15) is 11.1 Å². The van der Waals surface area contributed by atoms with E-state index < -0.39 is 0 Å². The second-order valence-corrected chi connectivity index (χ2v) is 4.04. The van der Waals surface area contributed by atoms with Gasteiger partial charge >= 0.3 is 0 Å². The Kier molecular flexibility index (Phi) is 4.55. The maximum Gasteiger partial charge on any atom is 0.170 e. The van der Waals surface area contributed by atoms with Crippen molar-refractivity contribution in [1.29, 1.82) is 0 Å². The zero-order valence-corrected chi connectivity index (χ0v) is 10.9. The Morgan fingerprint density at radius 1 is 1.20 bits per heavy atom. The van der Waals surface area contributed by atoms with Crippen LogP contribution in [0.3, 0.4) is 0 Å². The van der Waals surface area contributed by atoms with Crippen molar-refractivity contribution in [3.8, 4) is 11.5 Å². The first-order chi connectivity index (χ1) is 9.74. The first kappa shape index (κ1) is 13.9. The van der Waals surface area contributed by atoms with Crippen LogP contribution >= 0.6 is 0 Å². The van der Waals surface area contributed by atoms with Gasteiger partial charge in [-0.15, -0.1) is 0 Å². The van der Waals surface area contributed by atoms with Gasteiger partial charge in [-0.25, -0.2) is 4.39 Å². The van der Waals surface area contributed by atoms with Crippen molar-refractivity contribution in [2.24, 2.45) is 5.16 Å². The van der Waals surface area contributed by atoms with Gasteiger partial charge in [0.15, 0.2) is 11.5 Å². The smallest absolute Gasteiger partial charge is 0.170 e. The summed E-state index contributed by atoms with van der Waals surface area (Å²) in [5.74, 6) is 0.709. The van der Waals surface area contributed by atoms with E-state index >= 15 is 0 Å². The van der Waals surface area contributed by atoms with Crippen molar-refractivity contribution in [3.05, 3.63) is 59.4 Å². The summed E-state index contributed by atoms with van der Waals surface area (Å²) >= 11 is 0. The molecule has 0 unspecified atom stereocenters. The first-order valence-corrected chi connectivity index (χ1v) is 5.96. The molecule has 1 N–H and O–H groups in total. The molecule has 2 aromatic carbocycles. The molecule has 0 aliphatic heterocycles. The molecule has 0 amide bonds. The van der Waals surface area contributed by atoms with Gasteiger partial charge in [0.05, 0.1) is 13.3 Å². The number of halogens is 1. The molecule has 0 saturated heterocycles. The maximum atomic E-state index is 12.8. The summed E-state index contributed by atoms with van der Waals surface area (Å²) in [6, 6.07) is 11.3. The fourth-order valence-electron chi connectivity index (χ4n) is 1.75. The molecule has 0 fully saturated rings. The van der Waals surface area contributed by atoms with Crippen LogP contribution in [0.5, 0.6) is 11.5 Å². The number of methoxy groups -OCH3 is 1. The minimum Gasteiger partial charge on any atom is -0.493 e. The number of oxime groups is 1. The molecule has 0 aliphatic rings. The van der Waals surface area contributed by atoms with Crippen molar-refractivity contribution < 1.29 is 19.1 Å². The maximum absolute atomic E-state index is 12.8. The van der Waals surface area contributed by atoms with Crippen molar-refractivity contribution in [2.75, 3.05) is 7.11 Å². The van der Waals surface area contributed by atoms with Crippen LogP contribution in [0.15, 0.2) is 47.6 Å². The highest BCUT2D eigenvalue weighted by atomic mass is 19.1. The lowest BCUT2D eigenvalue weighted by molar-refractivity contribution is 0.283. The lowest BCUT2D eigenvalue weighted by atomic mass is 10.2. The molecular formula is C15H14FNO3. The normalized spacial score (nSPS) is 10.7. The van der Waals surface area contributed by atoms with Gasteiger partial charge in [-0.2, -0.15) is 0 Å². The average Bonchev–Trinajstić information content (AvgIpc) is 2.47. The first-order valence-electron chi connectivity index (χ1n) is 5.96. The summed E-state index contributed by atoms with van der Waals surface area (Å²) in [5, 5.41) is 11.7. The van der Waals surface area contributed by atoms with Gasteiger partial charge in [0.2, 0.25) is 0 Å². The highest BCUT2D eigenvalue weighted by molar-refractivity contribution is 5.84. The number of hydrogen-bond acceptors (Lipinski definition) is 4. The van der Waals surface area contributed by atoms with E-state index in [9.17, 15) is 4.39 Å². The molecule has 4 nitrogen and oxygen atoms in total. The summed E-state index contributed by atoms with van der Waals surface area (Å²) < 4.78 is 23.7. The number of ether oxygens (including phenoxy) is 2. The second kappa shape index (κ2) is 6.56. The molecule has 0 heterocycles. The van der Waals surface area contributed by atoms with E-state index in [2.05, 4.69) is 5.16 Å². The van der Waals surface area contributed by atoms with Gasteiger partial charge in [0.1, 0.15) is 12.4 Å². The summed E-state index contributed by atoms with van der Waals surface area (Å²) in [4.78, 5) is 0. The highest BCUT2D eigenvalue weighted by Crippen LogP contribution is 2.30. The predicted octanol–water partition coefficient (Wildman–Crippen LogP) is 3.22. The molecule has 5 heteroatoms. The van der Waals surface area contributed by atoms with E-state index in [0.29, 0.717) is 17.1 Å². The van der Waals surface area contributed by atoms with Crippen LogP contribution in [0, 0.1) is 5.82 Å². The number of rotatable bonds is 5. The number of benzene rings is 2. The van der Waals surface area contributed by atoms with Crippen LogP contribution in [-0.4, -0.2) is 18.5 Å². The van der Waals surface area contributed by atoms with Crippen molar-refractivity contribution in [2.45, 2.75) is 6.61 Å². The van der Waals surface area contributed by atoms with Crippen LogP contribution in [0.2, 0.25) is 0 Å². The molecule has 0 bridgehead atoms. The Balaban J connectivity index is 2.21. The van der Waals surface area contributed by atoms with Gasteiger partial charge in [-0.05, 0) is 29.8 Å². The molecule has 0 aromatic heterocycles. The molecule has 0 radical (unpaired) electrons. The third-order valence-electron chi connectivity index (χ3n) is 2.72. The topological polar surface area (TPSA) is 51.0 Å². The minimum absolute atomic E-state index is 0.257. The summed E-state index contributed by atoms with van der Waals surface area (Å²) in [5.41, 5.74) is 1.41. The second-order valence-electron chi connectivity index (χ2n) is 4.04. The van der Waals surface area contributed by atoms with Crippen LogP contribution in [0.25, 0.3) is 0 Å². The number of para-hydroxylation sites is 1. The van der Waals surface area contributed by atoms with E-state index in [1.807, 2.05) is 0 Å². The van der Waals surface area contributed by atoms with E-state index in [-0.39, 0.29) is 12.4 Å². The number of nitrogens with zero attached hydrogens (tertiary/aromatic N) is 1. The fourth-order valence-corrected chi connectivity index (χ4v) is 1.75. The average molecular weight is 275 g/mol. The van der Waals surface area contributed by atoms with Crippen LogP contribution in [0.4, 0.5) is 4.39 Å². The lowest BCUT2D eigenvalue weighted by Crippen LogP contribution is -2.01. The molecule has 20 heavy (non-hydrogen) atoms. The van der Waals surface area contributed by atoms with Crippen molar-refractivity contribution in [1.82, 2.24) is 0 Å². The molecule has 0 atom stereocenters. The molecule has 0 aliphatic carbocycles. The van der Waals surface area contributed by atoms with Gasteiger partial charge in [-0.1, -0.05) is 23.4 Å². The van der Waals surface area contributed by atoms with Gasteiger partial charge in [0, 0.05) is 5.56 Å². The quantitative estimate of drug-likeness (QED) is 0.518. The van der Waals surface area contributed by atoms with E-state index in [1.54, 1.807) is 30.3 Å². The highest BCUT2D eigenvalue weighted by Gasteiger charge is 2.09. The van der Waals surface area contributed by atoms with Gasteiger partial charge in [-0.3, -0.25) is 0 Å². The predicted molar refractivity (Wildman–Crippen MR) is 73.1 cm³/mol. The largest absolute Gasteiger partial charge is 0.493 e. The Morgan fingerprint density at radius 3 is 2.60 bits per heavy atom. The van der Waals surface area contributed by atoms with Crippen molar-refractivity contribution in [3.63, 3.8) is 0 Å². The molecule has 2 rings (SSSR count). The third kappa shape index (κ3) is 3.26. The Hall–Kier alpha value is -2.56. The molecule has 0 spiro atoms. The van der Waals surface area contributed by atoms with Crippen LogP contribution in [-0.2, 0) is 6.61 Å². The number of hydrogen-bond donors (Lipinski definition) is 1. The fraction of sp³-hybridized carbons (Fsp3) is 0.133. The van der Waals surface area contributed by atoms with Crippen molar-refractivity contribution >= 4 is 6.21 Å². The van der Waals surface area contributed by atoms with Gasteiger partial charge in [0.25, 0.3) is 0 Å². The third-order valence-corrected chi connectivity index (χ3v) is 2.72. The monoisotopic (exact) mass is 275 g/mol. The SMILES string of the molecule is COc1cccc(/C=N/O)c1OCc1ccc(F)cc1. The molecule has 0 saturated carbocycles. The lowest BCUT2D eigenvalue weighted by Gasteiger charge is -2.13. The summed E-state index contributed by atoms with van der Waals surface area (Å²) in [6.07, 6.45) is 1.27. The zero-order valence-electron chi connectivity index (χ0n) is 10.9. The van der Waals surface area contributed by atoms with E-state index in [0.717, 1.165) is 5.56 Å². The standard InChI is InChI=1S/C15H14FNO3/c1-19-14-4-2-3-12(9-17-18)15(14)20-10-11-5-7-13(16)8-6-11/h2-9,18H,10H2,1H3/b17-9+. The minimum atomic E-state index is -0.292. The van der Waals surface area contributed by atoms with Gasteiger partial charge < -0.3 is 14.7 Å². The van der Waals surface area contributed by atoms with E-state index in [4.69, 9.17) is 14.7 Å². The summed E-state index contributed by atoms with van der Waals surface area (Å²) in [6.45, 7) is 0.257. The molecule has 2 aromatic rings. The van der Waals surface area contributed by atoms with E-state index in [1.165, 1.54) is 25.5 Å². The Labute approximate surface area is 116 Å². The molecule has 104 valence electrons.